The van der Waals surface area contributed by atoms with Crippen molar-refractivity contribution in [3.63, 3.8) is 0 Å². The number of rotatable bonds is 7. The van der Waals surface area contributed by atoms with Crippen LogP contribution in [0.25, 0.3) is 0 Å². The second-order valence-corrected chi connectivity index (χ2v) is 5.15. The van der Waals surface area contributed by atoms with E-state index in [-0.39, 0.29) is 5.60 Å². The Bertz CT molecular complexity index is 399. The second kappa shape index (κ2) is 6.78. The molecule has 0 spiro atoms. The van der Waals surface area contributed by atoms with E-state index in [1.807, 2.05) is 26.0 Å². The van der Waals surface area contributed by atoms with Gasteiger partial charge in [0.25, 0.3) is 0 Å². The van der Waals surface area contributed by atoms with Gasteiger partial charge < -0.3 is 19.3 Å². The molecule has 0 heterocycles. The van der Waals surface area contributed by atoms with E-state index >= 15 is 0 Å². The van der Waals surface area contributed by atoms with E-state index < -0.39 is 6.10 Å². The van der Waals surface area contributed by atoms with Gasteiger partial charge in [-0.3, -0.25) is 0 Å². The molecule has 4 heteroatoms. The molecule has 0 aliphatic carbocycles. The third kappa shape index (κ3) is 4.73. The normalized spacial score (nSPS) is 13.2. The molecule has 108 valence electrons. The number of methoxy groups -OCH3 is 2. The largest absolute Gasteiger partial charge is 0.493 e. The third-order valence-corrected chi connectivity index (χ3v) is 3.18. The van der Waals surface area contributed by atoms with Crippen LogP contribution in [0.1, 0.15) is 38.9 Å². The van der Waals surface area contributed by atoms with E-state index in [1.165, 1.54) is 0 Å². The van der Waals surface area contributed by atoms with Gasteiger partial charge in [-0.25, -0.2) is 0 Å². The summed E-state index contributed by atoms with van der Waals surface area (Å²) < 4.78 is 16.3. The van der Waals surface area contributed by atoms with Crippen LogP contribution in [0.4, 0.5) is 0 Å². The number of hydrogen-bond donors (Lipinski definition) is 1. The van der Waals surface area contributed by atoms with Crippen molar-refractivity contribution in [2.45, 2.75) is 38.9 Å². The molecule has 0 fully saturated rings. The average Bonchev–Trinajstić information content (AvgIpc) is 2.38. The molecule has 0 amide bonds. The summed E-state index contributed by atoms with van der Waals surface area (Å²) in [7, 11) is 3.28. The van der Waals surface area contributed by atoms with Crippen molar-refractivity contribution < 1.29 is 19.3 Å². The highest BCUT2D eigenvalue weighted by Gasteiger charge is 2.17. The molecule has 4 nitrogen and oxygen atoms in total. The summed E-state index contributed by atoms with van der Waals surface area (Å²) in [4.78, 5) is 0. The number of aliphatic hydroxyl groups excluding tert-OH is 1. The van der Waals surface area contributed by atoms with E-state index in [4.69, 9.17) is 14.2 Å². The van der Waals surface area contributed by atoms with E-state index in [2.05, 4.69) is 0 Å². The number of ether oxygens (including phenoxy) is 3. The maximum Gasteiger partial charge on any atom is 0.161 e. The summed E-state index contributed by atoms with van der Waals surface area (Å²) in [6, 6.07) is 5.45. The molecule has 0 aliphatic heterocycles. The number of aliphatic hydroxyl groups is 1. The van der Waals surface area contributed by atoms with Crippen LogP contribution in [0.3, 0.4) is 0 Å². The Labute approximate surface area is 115 Å². The molecule has 0 aliphatic rings. The van der Waals surface area contributed by atoms with E-state index in [9.17, 15) is 5.11 Å². The zero-order valence-electron chi connectivity index (χ0n) is 12.4. The quantitative estimate of drug-likeness (QED) is 0.826. The van der Waals surface area contributed by atoms with Gasteiger partial charge in [-0.15, -0.1) is 0 Å². The fourth-order valence-electron chi connectivity index (χ4n) is 1.57. The molecule has 0 unspecified atom stereocenters. The molecule has 1 aromatic carbocycles. The van der Waals surface area contributed by atoms with Gasteiger partial charge >= 0.3 is 0 Å². The molecule has 0 aromatic heterocycles. The summed E-state index contributed by atoms with van der Waals surface area (Å²) in [5, 5.41) is 9.54. The number of hydrogen-bond acceptors (Lipinski definition) is 4. The van der Waals surface area contributed by atoms with Gasteiger partial charge in [0.05, 0.1) is 25.4 Å². The predicted molar refractivity (Wildman–Crippen MR) is 74.8 cm³/mol. The highest BCUT2D eigenvalue weighted by Crippen LogP contribution is 2.30. The van der Waals surface area contributed by atoms with Crippen molar-refractivity contribution in [3.8, 4) is 11.5 Å². The van der Waals surface area contributed by atoms with Gasteiger partial charge in [0, 0.05) is 13.5 Å². The standard InChI is InChI=1S/C15H24O4/c1-11(16)12-6-7-13(14(10-12)17-4)19-9-8-15(2,3)18-5/h6-7,10-11,16H,8-9H2,1-5H3/t11-/m1/s1. The molecular weight excluding hydrogens is 244 g/mol. The van der Waals surface area contributed by atoms with Crippen LogP contribution in [0.5, 0.6) is 11.5 Å². The Morgan fingerprint density at radius 2 is 1.89 bits per heavy atom. The Kier molecular flexibility index (Phi) is 5.63. The van der Waals surface area contributed by atoms with Crippen molar-refractivity contribution in [3.05, 3.63) is 23.8 Å². The Balaban J connectivity index is 2.68. The van der Waals surface area contributed by atoms with Crippen LogP contribution < -0.4 is 9.47 Å². The SMILES string of the molecule is COc1cc([C@@H](C)O)ccc1OCCC(C)(C)OC. The lowest BCUT2D eigenvalue weighted by molar-refractivity contribution is 0.00525. The molecule has 0 saturated carbocycles. The molecule has 1 N–H and O–H groups in total. The zero-order valence-corrected chi connectivity index (χ0v) is 12.4. The Morgan fingerprint density at radius 1 is 1.21 bits per heavy atom. The maximum absolute atomic E-state index is 9.54. The first kappa shape index (κ1) is 15.8. The van der Waals surface area contributed by atoms with Gasteiger partial charge in [0.15, 0.2) is 11.5 Å². The van der Waals surface area contributed by atoms with Crippen molar-refractivity contribution in [1.82, 2.24) is 0 Å². The van der Waals surface area contributed by atoms with E-state index in [0.29, 0.717) is 18.1 Å². The molecule has 0 radical (unpaired) electrons. The van der Waals surface area contributed by atoms with Crippen LogP contribution in [0.15, 0.2) is 18.2 Å². The highest BCUT2D eigenvalue weighted by molar-refractivity contribution is 5.43. The summed E-state index contributed by atoms with van der Waals surface area (Å²) in [6.45, 7) is 6.30. The van der Waals surface area contributed by atoms with Gasteiger partial charge in [-0.05, 0) is 38.5 Å². The molecule has 1 atom stereocenters. The first-order chi connectivity index (χ1) is 8.89. The summed E-state index contributed by atoms with van der Waals surface area (Å²) in [6.07, 6.45) is 0.264. The van der Waals surface area contributed by atoms with Crippen LogP contribution in [-0.4, -0.2) is 31.5 Å². The Hall–Kier alpha value is -1.26. The minimum atomic E-state index is -0.518. The fraction of sp³-hybridized carbons (Fsp3) is 0.600. The van der Waals surface area contributed by atoms with Gasteiger partial charge in [0.1, 0.15) is 0 Å². The van der Waals surface area contributed by atoms with Gasteiger partial charge in [-0.1, -0.05) is 6.07 Å². The molecular formula is C15H24O4. The highest BCUT2D eigenvalue weighted by atomic mass is 16.5. The van der Waals surface area contributed by atoms with E-state index in [0.717, 1.165) is 12.0 Å². The molecule has 1 rings (SSSR count). The lowest BCUT2D eigenvalue weighted by Gasteiger charge is -2.23. The minimum absolute atomic E-state index is 0.202. The van der Waals surface area contributed by atoms with Crippen molar-refractivity contribution in [1.29, 1.82) is 0 Å². The van der Waals surface area contributed by atoms with Gasteiger partial charge in [0.2, 0.25) is 0 Å². The third-order valence-electron chi connectivity index (χ3n) is 3.18. The van der Waals surface area contributed by atoms with Crippen LogP contribution in [0, 0.1) is 0 Å². The van der Waals surface area contributed by atoms with E-state index in [1.54, 1.807) is 27.2 Å². The first-order valence-electron chi connectivity index (χ1n) is 6.43. The summed E-state index contributed by atoms with van der Waals surface area (Å²) >= 11 is 0. The predicted octanol–water partition coefficient (Wildman–Crippen LogP) is 2.94. The lowest BCUT2D eigenvalue weighted by Crippen LogP contribution is -2.25. The van der Waals surface area contributed by atoms with Crippen LogP contribution >= 0.6 is 0 Å². The maximum atomic E-state index is 9.54. The Morgan fingerprint density at radius 3 is 2.42 bits per heavy atom. The van der Waals surface area contributed by atoms with Crippen molar-refractivity contribution >= 4 is 0 Å². The monoisotopic (exact) mass is 268 g/mol. The summed E-state index contributed by atoms with van der Waals surface area (Å²) in [5.41, 5.74) is 0.605. The number of benzene rings is 1. The lowest BCUT2D eigenvalue weighted by atomic mass is 10.1. The first-order valence-corrected chi connectivity index (χ1v) is 6.43. The molecule has 1 aromatic rings. The van der Waals surface area contributed by atoms with Crippen LogP contribution in [-0.2, 0) is 4.74 Å². The smallest absolute Gasteiger partial charge is 0.161 e. The fourth-order valence-corrected chi connectivity index (χ4v) is 1.57. The zero-order chi connectivity index (χ0) is 14.5. The van der Waals surface area contributed by atoms with Gasteiger partial charge in [-0.2, -0.15) is 0 Å². The second-order valence-electron chi connectivity index (χ2n) is 5.15. The van der Waals surface area contributed by atoms with Crippen molar-refractivity contribution in [2.75, 3.05) is 20.8 Å². The van der Waals surface area contributed by atoms with Crippen molar-refractivity contribution in [2.24, 2.45) is 0 Å². The minimum Gasteiger partial charge on any atom is -0.493 e. The molecule has 19 heavy (non-hydrogen) atoms. The summed E-state index contributed by atoms with van der Waals surface area (Å²) in [5.74, 6) is 1.31. The molecule has 0 bridgehead atoms. The average molecular weight is 268 g/mol. The topological polar surface area (TPSA) is 47.9 Å². The van der Waals surface area contributed by atoms with Crippen LogP contribution in [0.2, 0.25) is 0 Å². The molecule has 0 saturated heterocycles.